The summed E-state index contributed by atoms with van der Waals surface area (Å²) < 4.78 is 5.19. The third-order valence-electron chi connectivity index (χ3n) is 3.49. The van der Waals surface area contributed by atoms with Crippen molar-refractivity contribution in [3.63, 3.8) is 0 Å². The first-order valence-corrected chi connectivity index (χ1v) is 7.18. The molecule has 1 atom stereocenters. The summed E-state index contributed by atoms with van der Waals surface area (Å²) in [5.74, 6) is 0. The molecule has 0 aromatic carbocycles. The van der Waals surface area contributed by atoms with Crippen LogP contribution in [-0.4, -0.2) is 43.8 Å². The van der Waals surface area contributed by atoms with E-state index in [-0.39, 0.29) is 0 Å². The minimum Gasteiger partial charge on any atom is -0.383 e. The van der Waals surface area contributed by atoms with Gasteiger partial charge in [-0.2, -0.15) is 0 Å². The van der Waals surface area contributed by atoms with Crippen LogP contribution in [0.2, 0.25) is 0 Å². The van der Waals surface area contributed by atoms with Crippen molar-refractivity contribution in [2.45, 2.75) is 65.0 Å². The van der Waals surface area contributed by atoms with E-state index in [9.17, 15) is 0 Å². The zero-order chi connectivity index (χ0) is 13.1. The maximum atomic E-state index is 6.09. The minimum absolute atomic E-state index is 0.361. The normalized spacial score (nSPS) is 13.6. The molecule has 0 spiro atoms. The Bertz CT molecular complexity index is 160. The molecule has 0 saturated heterocycles. The number of nitrogens with two attached hydrogens (primary N) is 1. The van der Waals surface area contributed by atoms with Gasteiger partial charge < -0.3 is 10.5 Å². The first-order chi connectivity index (χ1) is 8.19. The van der Waals surface area contributed by atoms with Gasteiger partial charge in [-0.15, -0.1) is 0 Å². The van der Waals surface area contributed by atoms with Gasteiger partial charge in [0.1, 0.15) is 0 Å². The fourth-order valence-electron chi connectivity index (χ4n) is 2.34. The molecular formula is C14H32N2O. The second-order valence-electron chi connectivity index (χ2n) is 4.84. The summed E-state index contributed by atoms with van der Waals surface area (Å²) in [4.78, 5) is 2.54. The number of nitrogens with zero attached hydrogens (tertiary/aromatic N) is 1. The largest absolute Gasteiger partial charge is 0.383 e. The Balaban J connectivity index is 4.07. The van der Waals surface area contributed by atoms with Crippen LogP contribution in [0, 0.1) is 0 Å². The molecule has 0 fully saturated rings. The summed E-state index contributed by atoms with van der Waals surface area (Å²) >= 11 is 0. The molecule has 3 nitrogen and oxygen atoms in total. The lowest BCUT2D eigenvalue weighted by molar-refractivity contribution is 0.112. The lowest BCUT2D eigenvalue weighted by atomic mass is 10.1. The molecule has 104 valence electrons. The van der Waals surface area contributed by atoms with Gasteiger partial charge in [0.2, 0.25) is 0 Å². The van der Waals surface area contributed by atoms with Crippen molar-refractivity contribution in [3.05, 3.63) is 0 Å². The number of hydrogen-bond donors (Lipinski definition) is 1. The van der Waals surface area contributed by atoms with E-state index < -0.39 is 0 Å². The molecular weight excluding hydrogens is 212 g/mol. The summed E-state index contributed by atoms with van der Waals surface area (Å²) in [5, 5.41) is 0. The zero-order valence-corrected chi connectivity index (χ0v) is 12.2. The predicted octanol–water partition coefficient (Wildman–Crippen LogP) is 2.64. The Hall–Kier alpha value is -0.120. The van der Waals surface area contributed by atoms with Crippen LogP contribution in [0.25, 0.3) is 0 Å². The molecule has 0 heterocycles. The standard InChI is InChI=1S/C14H32N2O/c1-5-8-13(15)9-10-16(11-12-17-4)14(6-2)7-3/h13-14H,5-12,15H2,1-4H3. The first-order valence-electron chi connectivity index (χ1n) is 7.18. The van der Waals surface area contributed by atoms with Crippen molar-refractivity contribution < 1.29 is 4.74 Å². The molecule has 0 aliphatic carbocycles. The summed E-state index contributed by atoms with van der Waals surface area (Å²) in [6.45, 7) is 9.68. The highest BCUT2D eigenvalue weighted by Gasteiger charge is 2.15. The summed E-state index contributed by atoms with van der Waals surface area (Å²) in [6, 6.07) is 1.04. The Kier molecular flexibility index (Phi) is 10.9. The third-order valence-corrected chi connectivity index (χ3v) is 3.49. The van der Waals surface area contributed by atoms with Crippen molar-refractivity contribution in [2.24, 2.45) is 5.73 Å². The number of methoxy groups -OCH3 is 1. The van der Waals surface area contributed by atoms with E-state index in [1.165, 1.54) is 19.3 Å². The molecule has 0 radical (unpaired) electrons. The maximum absolute atomic E-state index is 6.09. The second-order valence-corrected chi connectivity index (χ2v) is 4.84. The molecule has 0 aromatic rings. The number of ether oxygens (including phenoxy) is 1. The average molecular weight is 244 g/mol. The van der Waals surface area contributed by atoms with Crippen molar-refractivity contribution in [3.8, 4) is 0 Å². The van der Waals surface area contributed by atoms with Crippen LogP contribution in [0.4, 0.5) is 0 Å². The summed E-state index contributed by atoms with van der Waals surface area (Å²) in [6.07, 6.45) is 5.85. The third kappa shape index (κ3) is 7.74. The molecule has 0 rings (SSSR count). The highest BCUT2D eigenvalue weighted by Crippen LogP contribution is 2.10. The van der Waals surface area contributed by atoms with E-state index in [0.717, 1.165) is 32.5 Å². The topological polar surface area (TPSA) is 38.5 Å². The first kappa shape index (κ1) is 16.9. The van der Waals surface area contributed by atoms with Gasteiger partial charge in [-0.3, -0.25) is 4.90 Å². The predicted molar refractivity (Wildman–Crippen MR) is 75.3 cm³/mol. The highest BCUT2D eigenvalue weighted by molar-refractivity contribution is 4.72. The second kappa shape index (κ2) is 11.0. The van der Waals surface area contributed by atoms with Gasteiger partial charge in [-0.1, -0.05) is 27.2 Å². The molecule has 0 bridgehead atoms. The monoisotopic (exact) mass is 244 g/mol. The van der Waals surface area contributed by atoms with Gasteiger partial charge in [0.15, 0.2) is 0 Å². The van der Waals surface area contributed by atoms with E-state index in [4.69, 9.17) is 10.5 Å². The summed E-state index contributed by atoms with van der Waals surface area (Å²) in [5.41, 5.74) is 6.09. The molecule has 0 aromatic heterocycles. The van der Waals surface area contributed by atoms with Crippen LogP contribution in [0.1, 0.15) is 52.9 Å². The quantitative estimate of drug-likeness (QED) is 0.607. The lowest BCUT2D eigenvalue weighted by Crippen LogP contribution is -2.39. The average Bonchev–Trinajstić information content (AvgIpc) is 2.33. The Morgan fingerprint density at radius 1 is 1.06 bits per heavy atom. The van der Waals surface area contributed by atoms with E-state index in [2.05, 4.69) is 25.7 Å². The Labute approximate surface area is 108 Å². The Morgan fingerprint density at radius 2 is 1.71 bits per heavy atom. The zero-order valence-electron chi connectivity index (χ0n) is 12.2. The molecule has 0 amide bonds. The van der Waals surface area contributed by atoms with Crippen molar-refractivity contribution in [1.82, 2.24) is 4.90 Å². The molecule has 3 heteroatoms. The van der Waals surface area contributed by atoms with Gasteiger partial charge in [0.05, 0.1) is 6.61 Å². The molecule has 0 aliphatic heterocycles. The molecule has 2 N–H and O–H groups in total. The van der Waals surface area contributed by atoms with Crippen LogP contribution in [-0.2, 0) is 4.74 Å². The number of rotatable bonds is 11. The van der Waals surface area contributed by atoms with Crippen LogP contribution in [0.5, 0.6) is 0 Å². The summed E-state index contributed by atoms with van der Waals surface area (Å²) in [7, 11) is 1.77. The van der Waals surface area contributed by atoms with Crippen molar-refractivity contribution in [1.29, 1.82) is 0 Å². The molecule has 0 saturated carbocycles. The number of hydrogen-bond acceptors (Lipinski definition) is 3. The van der Waals surface area contributed by atoms with Crippen LogP contribution < -0.4 is 5.73 Å². The fourth-order valence-corrected chi connectivity index (χ4v) is 2.34. The fraction of sp³-hybridized carbons (Fsp3) is 1.00. The van der Waals surface area contributed by atoms with Gasteiger partial charge in [-0.25, -0.2) is 0 Å². The van der Waals surface area contributed by atoms with Crippen molar-refractivity contribution >= 4 is 0 Å². The molecule has 0 aliphatic rings. The van der Waals surface area contributed by atoms with Crippen molar-refractivity contribution in [2.75, 3.05) is 26.8 Å². The van der Waals surface area contributed by atoms with Crippen LogP contribution in [0.15, 0.2) is 0 Å². The lowest BCUT2D eigenvalue weighted by Gasteiger charge is -2.31. The SMILES string of the molecule is CCCC(N)CCN(CCOC)C(CC)CC. The molecule has 1 unspecified atom stereocenters. The van der Waals surface area contributed by atoms with E-state index in [1.54, 1.807) is 7.11 Å². The Morgan fingerprint density at radius 3 is 2.18 bits per heavy atom. The van der Waals surface area contributed by atoms with Gasteiger partial charge in [0, 0.05) is 25.7 Å². The van der Waals surface area contributed by atoms with E-state index in [1.807, 2.05) is 0 Å². The highest BCUT2D eigenvalue weighted by atomic mass is 16.5. The van der Waals surface area contributed by atoms with Gasteiger partial charge in [0.25, 0.3) is 0 Å². The van der Waals surface area contributed by atoms with Crippen LogP contribution in [0.3, 0.4) is 0 Å². The molecule has 17 heavy (non-hydrogen) atoms. The smallest absolute Gasteiger partial charge is 0.0589 e. The van der Waals surface area contributed by atoms with Crippen LogP contribution >= 0.6 is 0 Å². The van der Waals surface area contributed by atoms with E-state index in [0.29, 0.717) is 12.1 Å². The van der Waals surface area contributed by atoms with E-state index >= 15 is 0 Å². The van der Waals surface area contributed by atoms with Gasteiger partial charge >= 0.3 is 0 Å². The van der Waals surface area contributed by atoms with Gasteiger partial charge in [-0.05, 0) is 32.2 Å². The maximum Gasteiger partial charge on any atom is 0.0589 e. The minimum atomic E-state index is 0.361.